The van der Waals surface area contributed by atoms with Crippen LogP contribution < -0.4 is 0 Å². The van der Waals surface area contributed by atoms with Crippen molar-refractivity contribution in [3.63, 3.8) is 0 Å². The molecule has 4 heterocycles. The Morgan fingerprint density at radius 2 is 1.59 bits per heavy atom. The van der Waals surface area contributed by atoms with Gasteiger partial charge in [0.1, 0.15) is 5.60 Å². The number of ether oxygens (including phenoxy) is 1. The molecule has 0 bridgehead atoms. The van der Waals surface area contributed by atoms with Crippen LogP contribution in [0.5, 0.6) is 0 Å². The average Bonchev–Trinajstić information content (AvgIpc) is 3.28. The zero-order valence-electron chi connectivity index (χ0n) is 27.9. The van der Waals surface area contributed by atoms with Crippen molar-refractivity contribution in [2.24, 2.45) is 11.8 Å². The van der Waals surface area contributed by atoms with Gasteiger partial charge in [-0.25, -0.2) is 9.59 Å². The zero-order valence-corrected chi connectivity index (χ0v) is 28.7. The molecule has 0 aromatic carbocycles. The summed E-state index contributed by atoms with van der Waals surface area (Å²) in [7, 11) is 0. The van der Waals surface area contributed by atoms with Crippen LogP contribution in [0.3, 0.4) is 0 Å². The molecule has 46 heavy (non-hydrogen) atoms. The van der Waals surface area contributed by atoms with Gasteiger partial charge in [-0.15, -0.1) is 11.3 Å². The molecule has 3 aliphatic heterocycles. The van der Waals surface area contributed by atoms with Gasteiger partial charge in [-0.2, -0.15) is 13.2 Å². The second-order valence-corrected chi connectivity index (χ2v) is 15.2. The number of likely N-dealkylation sites (tertiary alicyclic amines) is 2. The SMILES string of the molecule is CCCCC1CN(CC2CCCCC2)C(=O)OC12CCN(C1CCN(C(=O)c3c(C)sc(C)c3C)CC1)CC2.O=C(O)C(F)(F)F. The molecule has 0 radical (unpaired) electrons. The van der Waals surface area contributed by atoms with E-state index in [-0.39, 0.29) is 17.6 Å². The van der Waals surface area contributed by atoms with Gasteiger partial charge in [0.15, 0.2) is 0 Å². The second-order valence-electron chi connectivity index (χ2n) is 13.8. The van der Waals surface area contributed by atoms with E-state index in [1.54, 1.807) is 11.3 Å². The normalized spacial score (nSPS) is 23.2. The number of hydrogen-bond acceptors (Lipinski definition) is 6. The molecule has 2 amide bonds. The van der Waals surface area contributed by atoms with Crippen LogP contribution in [0.4, 0.5) is 18.0 Å². The summed E-state index contributed by atoms with van der Waals surface area (Å²) < 4.78 is 38.2. The van der Waals surface area contributed by atoms with E-state index in [0.29, 0.717) is 17.9 Å². The monoisotopic (exact) mass is 671 g/mol. The number of piperidine rings is 2. The third-order valence-corrected chi connectivity index (χ3v) is 11.9. The number of carbonyl (C=O) groups excluding carboxylic acids is 2. The summed E-state index contributed by atoms with van der Waals surface area (Å²) in [5.41, 5.74) is 1.81. The van der Waals surface area contributed by atoms with Crippen molar-refractivity contribution >= 4 is 29.3 Å². The number of nitrogens with zero attached hydrogens (tertiary/aromatic N) is 3. The minimum absolute atomic E-state index is 0.0529. The highest BCUT2D eigenvalue weighted by Gasteiger charge is 2.50. The van der Waals surface area contributed by atoms with E-state index in [1.165, 1.54) is 49.8 Å². The maximum atomic E-state index is 13.3. The molecule has 4 fully saturated rings. The zero-order chi connectivity index (χ0) is 33.6. The van der Waals surface area contributed by atoms with Crippen molar-refractivity contribution in [1.82, 2.24) is 14.7 Å². The quantitative estimate of drug-likeness (QED) is 0.322. The second kappa shape index (κ2) is 15.7. The Balaban J connectivity index is 0.000000617. The van der Waals surface area contributed by atoms with Crippen molar-refractivity contribution in [2.45, 2.75) is 123 Å². The number of halogens is 3. The maximum Gasteiger partial charge on any atom is 0.490 e. The summed E-state index contributed by atoms with van der Waals surface area (Å²) >= 11 is 1.74. The molecular formula is C34H52F3N3O5S. The Labute approximate surface area is 275 Å². The van der Waals surface area contributed by atoms with Gasteiger partial charge in [0.25, 0.3) is 5.91 Å². The average molecular weight is 672 g/mol. The molecule has 8 nitrogen and oxygen atoms in total. The molecule has 1 N–H and O–H groups in total. The van der Waals surface area contributed by atoms with E-state index in [4.69, 9.17) is 14.6 Å². The molecule has 4 aliphatic rings. The summed E-state index contributed by atoms with van der Waals surface area (Å²) in [6, 6.07) is 0.522. The van der Waals surface area contributed by atoms with Crippen LogP contribution in [-0.4, -0.2) is 94.9 Å². The minimum atomic E-state index is -5.08. The van der Waals surface area contributed by atoms with Crippen molar-refractivity contribution in [1.29, 1.82) is 0 Å². The first-order valence-corrected chi connectivity index (χ1v) is 17.9. The predicted octanol–water partition coefficient (Wildman–Crippen LogP) is 7.58. The topological polar surface area (TPSA) is 90.4 Å². The first-order valence-electron chi connectivity index (χ1n) is 17.1. The number of thiophene rings is 1. The fourth-order valence-electron chi connectivity index (χ4n) is 7.94. The summed E-state index contributed by atoms with van der Waals surface area (Å²) in [4.78, 5) is 44.7. The van der Waals surface area contributed by atoms with Crippen LogP contribution in [0.15, 0.2) is 0 Å². The molecule has 1 unspecified atom stereocenters. The first kappa shape index (κ1) is 36.5. The van der Waals surface area contributed by atoms with Crippen molar-refractivity contribution < 1.29 is 37.4 Å². The number of amides is 2. The molecule has 5 rings (SSSR count). The number of carbonyl (C=O) groups is 3. The van der Waals surface area contributed by atoms with Crippen LogP contribution in [0, 0.1) is 32.6 Å². The van der Waals surface area contributed by atoms with Gasteiger partial charge in [-0.1, -0.05) is 39.0 Å². The summed E-state index contributed by atoms with van der Waals surface area (Å²) in [5, 5.41) is 7.12. The Hall–Kier alpha value is -2.34. The van der Waals surface area contributed by atoms with E-state index in [9.17, 15) is 22.8 Å². The van der Waals surface area contributed by atoms with E-state index < -0.39 is 12.1 Å². The van der Waals surface area contributed by atoms with Crippen LogP contribution in [0.2, 0.25) is 0 Å². The van der Waals surface area contributed by atoms with Crippen molar-refractivity contribution in [2.75, 3.05) is 39.3 Å². The highest BCUT2D eigenvalue weighted by molar-refractivity contribution is 7.12. The van der Waals surface area contributed by atoms with Crippen molar-refractivity contribution in [3.8, 4) is 0 Å². The van der Waals surface area contributed by atoms with Crippen molar-refractivity contribution in [3.05, 3.63) is 20.9 Å². The fourth-order valence-corrected chi connectivity index (χ4v) is 9.00. The number of aliphatic carboxylic acids is 1. The molecule has 1 aromatic heterocycles. The van der Waals surface area contributed by atoms with Gasteiger partial charge < -0.3 is 19.6 Å². The molecule has 260 valence electrons. The minimum Gasteiger partial charge on any atom is -0.475 e. The maximum absolute atomic E-state index is 13.3. The summed E-state index contributed by atoms with van der Waals surface area (Å²) in [6.07, 6.45) is 8.90. The number of aryl methyl sites for hydroxylation is 2. The number of rotatable bonds is 7. The predicted molar refractivity (Wildman–Crippen MR) is 172 cm³/mol. The molecule has 1 aromatic rings. The van der Waals surface area contributed by atoms with E-state index >= 15 is 0 Å². The Morgan fingerprint density at radius 3 is 2.11 bits per heavy atom. The number of carboxylic acid groups (broad SMARTS) is 1. The number of unbranched alkanes of at least 4 members (excludes halogenated alkanes) is 1. The molecule has 1 aliphatic carbocycles. The number of hydrogen-bond donors (Lipinski definition) is 1. The Morgan fingerprint density at radius 1 is 0.978 bits per heavy atom. The lowest BCUT2D eigenvalue weighted by Gasteiger charge is -2.52. The standard InChI is InChI=1S/C32H51N3O3S.C2HF3O2/c1-5-6-12-27-22-35(21-26-10-8-7-9-11-26)31(37)38-32(27)15-19-33(20-16-32)28-13-17-34(18-14-28)30(36)29-23(2)24(3)39-25(29)4;3-2(4,5)1(6)7/h26-28H,5-22H2,1-4H3;(H,6,7). The Bertz CT molecular complexity index is 1200. The highest BCUT2D eigenvalue weighted by atomic mass is 32.1. The summed E-state index contributed by atoms with van der Waals surface area (Å²) in [5.74, 6) is -1.44. The molecule has 3 saturated heterocycles. The van der Waals surface area contributed by atoms with E-state index in [0.717, 1.165) is 87.4 Å². The van der Waals surface area contributed by atoms with Gasteiger partial charge in [0.05, 0.1) is 5.56 Å². The smallest absolute Gasteiger partial charge is 0.475 e. The van der Waals surface area contributed by atoms with Gasteiger partial charge in [-0.05, 0) is 64.4 Å². The van der Waals surface area contributed by atoms with Crippen LogP contribution in [-0.2, 0) is 9.53 Å². The largest absolute Gasteiger partial charge is 0.490 e. The lowest BCUT2D eigenvalue weighted by atomic mass is 9.75. The lowest BCUT2D eigenvalue weighted by molar-refractivity contribution is -0.192. The Kier molecular flexibility index (Phi) is 12.5. The molecular weight excluding hydrogens is 619 g/mol. The third-order valence-electron chi connectivity index (χ3n) is 10.8. The number of carboxylic acids is 1. The first-order chi connectivity index (χ1) is 21.8. The fraction of sp³-hybridized carbons (Fsp3) is 0.794. The van der Waals surface area contributed by atoms with E-state index in [1.807, 2.05) is 0 Å². The molecule has 1 saturated carbocycles. The van der Waals surface area contributed by atoms with Crippen LogP contribution in [0.25, 0.3) is 0 Å². The molecule has 1 atom stereocenters. The van der Waals surface area contributed by atoms with Gasteiger partial charge in [0, 0.05) is 73.8 Å². The highest BCUT2D eigenvalue weighted by Crippen LogP contribution is 2.42. The lowest BCUT2D eigenvalue weighted by Crippen LogP contribution is -2.61. The van der Waals surface area contributed by atoms with Crippen LogP contribution in [0.1, 0.15) is 110 Å². The van der Waals surface area contributed by atoms with E-state index in [2.05, 4.69) is 42.4 Å². The summed E-state index contributed by atoms with van der Waals surface area (Å²) in [6.45, 7) is 14.0. The number of alkyl halides is 3. The molecule has 1 spiro atoms. The van der Waals surface area contributed by atoms with Gasteiger partial charge in [0.2, 0.25) is 0 Å². The van der Waals surface area contributed by atoms with Gasteiger partial charge >= 0.3 is 18.2 Å². The van der Waals surface area contributed by atoms with Gasteiger partial charge in [-0.3, -0.25) is 9.69 Å². The third kappa shape index (κ3) is 8.76. The van der Waals surface area contributed by atoms with Crippen LogP contribution >= 0.6 is 11.3 Å². The molecule has 12 heteroatoms.